The maximum Gasteiger partial charge on any atom is 0.407 e. The fourth-order valence-corrected chi connectivity index (χ4v) is 4.17. The zero-order valence-electron chi connectivity index (χ0n) is 18.1. The smallest absolute Gasteiger partial charge is 0.407 e. The van der Waals surface area contributed by atoms with Crippen molar-refractivity contribution in [3.8, 4) is 5.69 Å². The molecule has 0 unspecified atom stereocenters. The molecule has 0 saturated carbocycles. The number of aromatic nitrogens is 3. The second-order valence-electron chi connectivity index (χ2n) is 8.48. The van der Waals surface area contributed by atoms with Gasteiger partial charge in [-0.05, 0) is 53.2 Å². The Hall–Kier alpha value is -2.55. The van der Waals surface area contributed by atoms with E-state index in [2.05, 4.69) is 15.5 Å². The van der Waals surface area contributed by atoms with Gasteiger partial charge >= 0.3 is 6.09 Å². The highest BCUT2D eigenvalue weighted by atomic mass is 32.2. The molecular weight excluding hydrogens is 402 g/mol. The maximum atomic E-state index is 12.8. The molecule has 0 spiro atoms. The van der Waals surface area contributed by atoms with Crippen molar-refractivity contribution in [2.45, 2.75) is 63.9 Å². The standard InChI is InChI=1S/C21H29N5O3S/c1-14-6-8-16(9-7-14)26-13-22-24-19(26)30-12-18(27)25-11-10-17(15(25)2)23-20(28)29-21(3,4)5/h6-9,13,15,17H,10-12H2,1-5H3,(H,23,28)/t15-,17+/m0/s1. The Balaban J connectivity index is 1.56. The lowest BCUT2D eigenvalue weighted by molar-refractivity contribution is -0.129. The molecule has 8 nitrogen and oxygen atoms in total. The third-order valence-electron chi connectivity index (χ3n) is 4.93. The molecule has 162 valence electrons. The molecule has 1 aliphatic heterocycles. The van der Waals surface area contributed by atoms with Crippen LogP contribution in [0.5, 0.6) is 0 Å². The number of carbonyl (C=O) groups is 2. The van der Waals surface area contributed by atoms with E-state index < -0.39 is 11.7 Å². The van der Waals surface area contributed by atoms with Crippen molar-refractivity contribution in [1.29, 1.82) is 0 Å². The van der Waals surface area contributed by atoms with E-state index in [1.807, 2.05) is 68.4 Å². The molecule has 0 radical (unpaired) electrons. The summed E-state index contributed by atoms with van der Waals surface area (Å²) >= 11 is 1.36. The number of nitrogens with zero attached hydrogens (tertiary/aromatic N) is 4. The first-order chi connectivity index (χ1) is 14.1. The molecule has 1 saturated heterocycles. The van der Waals surface area contributed by atoms with Gasteiger partial charge in [0.15, 0.2) is 5.16 Å². The van der Waals surface area contributed by atoms with Gasteiger partial charge in [0, 0.05) is 18.3 Å². The van der Waals surface area contributed by atoms with E-state index in [-0.39, 0.29) is 23.7 Å². The normalized spacial score (nSPS) is 19.0. The van der Waals surface area contributed by atoms with Crippen LogP contribution >= 0.6 is 11.8 Å². The molecule has 9 heteroatoms. The third kappa shape index (κ3) is 5.53. The van der Waals surface area contributed by atoms with Crippen LogP contribution in [0.25, 0.3) is 5.69 Å². The fourth-order valence-electron chi connectivity index (χ4n) is 3.36. The zero-order chi connectivity index (χ0) is 21.9. The SMILES string of the molecule is Cc1ccc(-n2cnnc2SCC(=O)N2CC[C@@H](NC(=O)OC(C)(C)C)[C@@H]2C)cc1. The number of rotatable bonds is 5. The molecule has 1 aliphatic rings. The Morgan fingerprint density at radius 2 is 1.97 bits per heavy atom. The summed E-state index contributed by atoms with van der Waals surface area (Å²) in [6.07, 6.45) is 1.90. The average Bonchev–Trinajstić information content (AvgIpc) is 3.26. The number of alkyl carbamates (subject to hydrolysis) is 1. The van der Waals surface area contributed by atoms with Gasteiger partial charge < -0.3 is 15.0 Å². The van der Waals surface area contributed by atoms with Crippen LogP contribution in [-0.4, -0.2) is 61.6 Å². The predicted molar refractivity (Wildman–Crippen MR) is 116 cm³/mol. The van der Waals surface area contributed by atoms with Crippen LogP contribution in [0.1, 0.15) is 39.7 Å². The molecule has 2 atom stereocenters. The summed E-state index contributed by atoms with van der Waals surface area (Å²) in [6.45, 7) is 10.1. The van der Waals surface area contributed by atoms with Crippen molar-refractivity contribution in [2.75, 3.05) is 12.3 Å². The summed E-state index contributed by atoms with van der Waals surface area (Å²) in [5, 5.41) is 11.7. The minimum atomic E-state index is -0.550. The van der Waals surface area contributed by atoms with E-state index in [0.717, 1.165) is 5.69 Å². The molecular formula is C21H29N5O3S. The number of thioether (sulfide) groups is 1. The Morgan fingerprint density at radius 1 is 1.27 bits per heavy atom. The number of likely N-dealkylation sites (tertiary alicyclic amines) is 1. The van der Waals surface area contributed by atoms with E-state index in [1.54, 1.807) is 6.33 Å². The van der Waals surface area contributed by atoms with Crippen LogP contribution in [0, 0.1) is 6.92 Å². The quantitative estimate of drug-likeness (QED) is 0.732. The first-order valence-electron chi connectivity index (χ1n) is 10.0. The van der Waals surface area contributed by atoms with Crippen LogP contribution in [0.4, 0.5) is 4.79 Å². The highest BCUT2D eigenvalue weighted by Gasteiger charge is 2.35. The lowest BCUT2D eigenvalue weighted by Gasteiger charge is -2.26. The molecule has 1 aromatic heterocycles. The number of hydrogen-bond donors (Lipinski definition) is 1. The Morgan fingerprint density at radius 3 is 2.63 bits per heavy atom. The van der Waals surface area contributed by atoms with Gasteiger partial charge in [0.1, 0.15) is 11.9 Å². The number of nitrogens with one attached hydrogen (secondary N) is 1. The Kier molecular flexibility index (Phi) is 6.70. The first kappa shape index (κ1) is 22.1. The monoisotopic (exact) mass is 431 g/mol. The third-order valence-corrected chi connectivity index (χ3v) is 5.86. The molecule has 1 fully saturated rings. The van der Waals surface area contributed by atoms with Gasteiger partial charge in [-0.3, -0.25) is 9.36 Å². The van der Waals surface area contributed by atoms with Gasteiger partial charge in [0.2, 0.25) is 5.91 Å². The van der Waals surface area contributed by atoms with E-state index in [0.29, 0.717) is 18.1 Å². The van der Waals surface area contributed by atoms with Gasteiger partial charge in [0.05, 0.1) is 11.8 Å². The lowest BCUT2D eigenvalue weighted by Crippen LogP contribution is -2.46. The van der Waals surface area contributed by atoms with Crippen molar-refractivity contribution in [1.82, 2.24) is 25.0 Å². The highest BCUT2D eigenvalue weighted by Crippen LogP contribution is 2.23. The molecule has 3 rings (SSSR count). The van der Waals surface area contributed by atoms with Crippen molar-refractivity contribution in [3.63, 3.8) is 0 Å². The van der Waals surface area contributed by atoms with Crippen LogP contribution in [0.2, 0.25) is 0 Å². The Labute approximate surface area is 181 Å². The molecule has 0 bridgehead atoms. The van der Waals surface area contributed by atoms with Crippen LogP contribution in [0.15, 0.2) is 35.7 Å². The van der Waals surface area contributed by atoms with E-state index in [9.17, 15) is 9.59 Å². The number of benzene rings is 1. The number of hydrogen-bond acceptors (Lipinski definition) is 6. The van der Waals surface area contributed by atoms with Crippen molar-refractivity contribution in [3.05, 3.63) is 36.2 Å². The first-order valence-corrected chi connectivity index (χ1v) is 11.0. The Bertz CT molecular complexity index is 891. The second kappa shape index (κ2) is 9.07. The number of aryl methyl sites for hydroxylation is 1. The van der Waals surface area contributed by atoms with Gasteiger partial charge in [-0.1, -0.05) is 29.5 Å². The average molecular weight is 432 g/mol. The summed E-state index contributed by atoms with van der Waals surface area (Å²) in [5.74, 6) is 0.271. The maximum absolute atomic E-state index is 12.8. The highest BCUT2D eigenvalue weighted by molar-refractivity contribution is 7.99. The molecule has 1 aromatic carbocycles. The minimum Gasteiger partial charge on any atom is -0.444 e. The summed E-state index contributed by atoms with van der Waals surface area (Å²) < 4.78 is 7.20. The molecule has 0 aliphatic carbocycles. The topological polar surface area (TPSA) is 89.4 Å². The zero-order valence-corrected chi connectivity index (χ0v) is 18.9. The summed E-state index contributed by atoms with van der Waals surface area (Å²) in [5.41, 5.74) is 1.58. The number of ether oxygens (including phenoxy) is 1. The van der Waals surface area contributed by atoms with Crippen LogP contribution < -0.4 is 5.32 Å². The summed E-state index contributed by atoms with van der Waals surface area (Å²) in [4.78, 5) is 26.7. The molecule has 30 heavy (non-hydrogen) atoms. The van der Waals surface area contributed by atoms with Crippen molar-refractivity contribution in [2.24, 2.45) is 0 Å². The number of carbonyl (C=O) groups excluding carboxylic acids is 2. The summed E-state index contributed by atoms with van der Waals surface area (Å²) in [7, 11) is 0. The second-order valence-corrected chi connectivity index (χ2v) is 9.42. The summed E-state index contributed by atoms with van der Waals surface area (Å²) in [6, 6.07) is 7.84. The van der Waals surface area contributed by atoms with Crippen LogP contribution in [-0.2, 0) is 9.53 Å². The van der Waals surface area contributed by atoms with E-state index >= 15 is 0 Å². The predicted octanol–water partition coefficient (Wildman–Crippen LogP) is 3.18. The number of amides is 2. The van der Waals surface area contributed by atoms with Gasteiger partial charge in [-0.2, -0.15) is 0 Å². The van der Waals surface area contributed by atoms with Crippen molar-refractivity contribution < 1.29 is 14.3 Å². The fraction of sp³-hybridized carbons (Fsp3) is 0.524. The van der Waals surface area contributed by atoms with E-state index in [4.69, 9.17) is 4.74 Å². The van der Waals surface area contributed by atoms with Gasteiger partial charge in [-0.15, -0.1) is 10.2 Å². The molecule has 2 amide bonds. The minimum absolute atomic E-state index is 0.0134. The van der Waals surface area contributed by atoms with Crippen LogP contribution in [0.3, 0.4) is 0 Å². The largest absolute Gasteiger partial charge is 0.444 e. The molecule has 2 heterocycles. The van der Waals surface area contributed by atoms with Gasteiger partial charge in [-0.25, -0.2) is 4.79 Å². The molecule has 1 N–H and O–H groups in total. The van der Waals surface area contributed by atoms with E-state index in [1.165, 1.54) is 17.3 Å². The molecule has 2 aromatic rings. The lowest BCUT2D eigenvalue weighted by atomic mass is 10.1. The van der Waals surface area contributed by atoms with Crippen molar-refractivity contribution >= 4 is 23.8 Å². The van der Waals surface area contributed by atoms with Gasteiger partial charge in [0.25, 0.3) is 0 Å².